The van der Waals surface area contributed by atoms with Crippen LogP contribution in [0.25, 0.3) is 0 Å². The van der Waals surface area contributed by atoms with Crippen molar-refractivity contribution in [3.05, 3.63) is 59.4 Å². The average molecular weight is 328 g/mol. The second kappa shape index (κ2) is 8.09. The summed E-state index contributed by atoms with van der Waals surface area (Å²) in [5.41, 5.74) is 1.69. The predicted molar refractivity (Wildman–Crippen MR) is 88.2 cm³/mol. The number of carbonyl (C=O) groups is 1. The lowest BCUT2D eigenvalue weighted by atomic mass is 10.2. The summed E-state index contributed by atoms with van der Waals surface area (Å²) in [5.74, 6) is -0.429. The van der Waals surface area contributed by atoms with Gasteiger partial charge in [0.1, 0.15) is 12.6 Å². The van der Waals surface area contributed by atoms with E-state index in [0.717, 1.165) is 10.5 Å². The van der Waals surface area contributed by atoms with Crippen LogP contribution in [0.2, 0.25) is 0 Å². The van der Waals surface area contributed by atoms with Gasteiger partial charge in [0.2, 0.25) is 0 Å². The van der Waals surface area contributed by atoms with Crippen LogP contribution in [-0.2, 0) is 11.3 Å². The van der Waals surface area contributed by atoms with Crippen LogP contribution in [-0.4, -0.2) is 26.6 Å². The van der Waals surface area contributed by atoms with E-state index in [0.29, 0.717) is 17.8 Å². The molecule has 0 aliphatic heterocycles. The summed E-state index contributed by atoms with van der Waals surface area (Å²) in [7, 11) is 3.26. The topological polar surface area (TPSA) is 66.6 Å². The Kier molecular flexibility index (Phi) is 5.88. The minimum absolute atomic E-state index is 0.197. The Morgan fingerprint density at radius 2 is 2.08 bits per heavy atom. The Morgan fingerprint density at radius 1 is 1.33 bits per heavy atom. The van der Waals surface area contributed by atoms with Crippen LogP contribution in [0.3, 0.4) is 0 Å². The number of quaternary nitrogens is 1. The lowest BCUT2D eigenvalue weighted by molar-refractivity contribution is -0.885. The van der Waals surface area contributed by atoms with Gasteiger partial charge in [0.05, 0.1) is 25.4 Å². The van der Waals surface area contributed by atoms with Crippen molar-refractivity contribution < 1.29 is 18.8 Å². The van der Waals surface area contributed by atoms with E-state index in [1.807, 2.05) is 13.1 Å². The molecular weight excluding hydrogens is 309 g/mol. The number of nitriles is 1. The maximum absolute atomic E-state index is 13.7. The number of hydrogen-bond donors (Lipinski definition) is 2. The maximum atomic E-state index is 13.7. The van der Waals surface area contributed by atoms with Gasteiger partial charge in [-0.15, -0.1) is 0 Å². The number of methoxy groups -OCH3 is 1. The fourth-order valence-corrected chi connectivity index (χ4v) is 2.39. The van der Waals surface area contributed by atoms with Crippen LogP contribution in [0.1, 0.15) is 11.1 Å². The highest BCUT2D eigenvalue weighted by Crippen LogP contribution is 2.17. The molecule has 2 aromatic rings. The normalized spacial score (nSPS) is 11.4. The Bertz CT molecular complexity index is 771. The minimum Gasteiger partial charge on any atom is -0.494 e. The summed E-state index contributed by atoms with van der Waals surface area (Å²) >= 11 is 0. The largest absolute Gasteiger partial charge is 0.494 e. The number of nitrogens with zero attached hydrogens (tertiary/aromatic N) is 1. The summed E-state index contributed by atoms with van der Waals surface area (Å²) in [6.07, 6.45) is 0. The molecule has 6 heteroatoms. The molecule has 1 amide bonds. The summed E-state index contributed by atoms with van der Waals surface area (Å²) in [4.78, 5) is 13.0. The first-order valence-corrected chi connectivity index (χ1v) is 7.46. The van der Waals surface area contributed by atoms with Crippen LogP contribution in [0.5, 0.6) is 5.75 Å². The van der Waals surface area contributed by atoms with E-state index in [4.69, 9.17) is 10.00 Å². The van der Waals surface area contributed by atoms with E-state index in [2.05, 4.69) is 5.32 Å². The molecule has 0 bridgehead atoms. The van der Waals surface area contributed by atoms with Crippen molar-refractivity contribution >= 4 is 11.6 Å². The summed E-state index contributed by atoms with van der Waals surface area (Å²) in [6, 6.07) is 13.6. The molecule has 124 valence electrons. The van der Waals surface area contributed by atoms with Crippen molar-refractivity contribution in [2.45, 2.75) is 6.54 Å². The zero-order valence-electron chi connectivity index (χ0n) is 13.6. The monoisotopic (exact) mass is 328 g/mol. The minimum atomic E-state index is -0.421. The molecule has 2 rings (SSSR count). The van der Waals surface area contributed by atoms with Gasteiger partial charge in [-0.1, -0.05) is 12.1 Å². The van der Waals surface area contributed by atoms with Gasteiger partial charge in [-0.2, -0.15) is 5.26 Å². The Labute approximate surface area is 140 Å². The molecular formula is C18H19FN3O2+. The Hall–Kier alpha value is -2.91. The summed E-state index contributed by atoms with van der Waals surface area (Å²) in [6.45, 7) is 0.696. The quantitative estimate of drug-likeness (QED) is 0.841. The number of carbonyl (C=O) groups excluding carboxylic acids is 1. The number of likely N-dealkylation sites (N-methyl/N-ethyl adjacent to an activating group) is 1. The standard InChI is InChI=1S/C18H18FN3O2/c1-22(11-13-7-8-17(24-2)15(19)9-13)12-18(23)21-16-6-4-3-5-14(16)10-20/h3-9H,11-12H2,1-2H3,(H,21,23)/p+1. The molecule has 0 saturated heterocycles. The van der Waals surface area contributed by atoms with Gasteiger partial charge in [0.25, 0.3) is 5.91 Å². The molecule has 2 N–H and O–H groups in total. The number of nitrogens with one attached hydrogen (secondary N) is 2. The smallest absolute Gasteiger partial charge is 0.279 e. The molecule has 0 aliphatic carbocycles. The lowest BCUT2D eigenvalue weighted by Crippen LogP contribution is -3.08. The van der Waals surface area contributed by atoms with Gasteiger partial charge in [-0.3, -0.25) is 4.79 Å². The first kappa shape index (κ1) is 17.4. The Morgan fingerprint density at radius 3 is 2.75 bits per heavy atom. The van der Waals surface area contributed by atoms with E-state index in [1.165, 1.54) is 13.2 Å². The van der Waals surface area contributed by atoms with Crippen LogP contribution in [0.15, 0.2) is 42.5 Å². The molecule has 24 heavy (non-hydrogen) atoms. The molecule has 0 spiro atoms. The first-order chi connectivity index (χ1) is 11.5. The fourth-order valence-electron chi connectivity index (χ4n) is 2.39. The summed E-state index contributed by atoms with van der Waals surface area (Å²) in [5, 5.41) is 11.8. The van der Waals surface area contributed by atoms with Crippen molar-refractivity contribution in [1.29, 1.82) is 5.26 Å². The summed E-state index contributed by atoms with van der Waals surface area (Å²) < 4.78 is 18.6. The number of para-hydroxylation sites is 1. The average Bonchev–Trinajstić information content (AvgIpc) is 2.55. The zero-order valence-corrected chi connectivity index (χ0v) is 13.6. The van der Waals surface area contributed by atoms with E-state index >= 15 is 0 Å². The molecule has 0 saturated carbocycles. The lowest BCUT2D eigenvalue weighted by Gasteiger charge is -2.14. The van der Waals surface area contributed by atoms with E-state index < -0.39 is 5.82 Å². The molecule has 0 aromatic heterocycles. The van der Waals surface area contributed by atoms with Crippen molar-refractivity contribution in [1.82, 2.24) is 0 Å². The predicted octanol–water partition coefficient (Wildman–Crippen LogP) is 1.36. The van der Waals surface area contributed by atoms with Gasteiger partial charge in [-0.25, -0.2) is 4.39 Å². The highest BCUT2D eigenvalue weighted by atomic mass is 19.1. The second-order valence-corrected chi connectivity index (χ2v) is 5.49. The molecule has 1 unspecified atom stereocenters. The van der Waals surface area contributed by atoms with Crippen molar-refractivity contribution in [3.8, 4) is 11.8 Å². The maximum Gasteiger partial charge on any atom is 0.279 e. The fraction of sp³-hybridized carbons (Fsp3) is 0.222. The highest BCUT2D eigenvalue weighted by Gasteiger charge is 2.13. The third kappa shape index (κ3) is 4.54. The third-order valence-corrected chi connectivity index (χ3v) is 3.51. The van der Waals surface area contributed by atoms with Gasteiger partial charge in [0, 0.05) is 5.56 Å². The number of benzene rings is 2. The number of halogens is 1. The number of anilines is 1. The molecule has 2 aromatic carbocycles. The molecule has 5 nitrogen and oxygen atoms in total. The van der Waals surface area contributed by atoms with Crippen LogP contribution < -0.4 is 15.0 Å². The second-order valence-electron chi connectivity index (χ2n) is 5.49. The van der Waals surface area contributed by atoms with Gasteiger partial charge in [-0.05, 0) is 30.3 Å². The highest BCUT2D eigenvalue weighted by molar-refractivity contribution is 5.92. The van der Waals surface area contributed by atoms with Crippen molar-refractivity contribution in [2.24, 2.45) is 0 Å². The number of amides is 1. The van der Waals surface area contributed by atoms with Crippen LogP contribution in [0.4, 0.5) is 10.1 Å². The van der Waals surface area contributed by atoms with Crippen molar-refractivity contribution in [3.63, 3.8) is 0 Å². The van der Waals surface area contributed by atoms with E-state index in [1.54, 1.807) is 36.4 Å². The van der Waals surface area contributed by atoms with Crippen molar-refractivity contribution in [2.75, 3.05) is 26.0 Å². The van der Waals surface area contributed by atoms with Crippen LogP contribution in [0, 0.1) is 17.1 Å². The van der Waals surface area contributed by atoms with Gasteiger partial charge in [0.15, 0.2) is 18.1 Å². The number of hydrogen-bond acceptors (Lipinski definition) is 3. The zero-order chi connectivity index (χ0) is 17.5. The first-order valence-electron chi connectivity index (χ1n) is 7.46. The van der Waals surface area contributed by atoms with E-state index in [9.17, 15) is 9.18 Å². The van der Waals surface area contributed by atoms with Crippen LogP contribution >= 0.6 is 0 Å². The molecule has 0 heterocycles. The number of ether oxygens (including phenoxy) is 1. The number of rotatable bonds is 6. The molecule has 0 radical (unpaired) electrons. The van der Waals surface area contributed by atoms with E-state index in [-0.39, 0.29) is 18.2 Å². The Balaban J connectivity index is 1.94. The molecule has 1 atom stereocenters. The van der Waals surface area contributed by atoms with Gasteiger partial charge < -0.3 is 15.0 Å². The SMILES string of the molecule is COc1ccc(C[NH+](C)CC(=O)Nc2ccccc2C#N)cc1F. The third-order valence-electron chi connectivity index (χ3n) is 3.51. The molecule has 0 aliphatic rings. The van der Waals surface area contributed by atoms with Gasteiger partial charge >= 0.3 is 0 Å². The molecule has 0 fully saturated rings.